The lowest BCUT2D eigenvalue weighted by atomic mass is 9.48. The molecule has 0 spiro atoms. The highest BCUT2D eigenvalue weighted by Crippen LogP contribution is 2.64. The molecule has 2 nitrogen and oxygen atoms in total. The summed E-state index contributed by atoms with van der Waals surface area (Å²) in [5.41, 5.74) is 2.64. The Balaban J connectivity index is 1.49. The van der Waals surface area contributed by atoms with Gasteiger partial charge in [-0.05, 0) is 91.2 Å². The molecule has 0 bridgehead atoms. The summed E-state index contributed by atoms with van der Waals surface area (Å²) in [5, 5.41) is 12.2. The number of carbonyl (C=O) groups excluding carboxylic acids is 1. The molecule has 0 aliphatic heterocycles. The minimum Gasteiger partial charge on any atom is -0.393 e. The molecule has 1 aromatic rings. The van der Waals surface area contributed by atoms with Gasteiger partial charge in [0.2, 0.25) is 0 Å². The molecule has 4 aliphatic carbocycles. The minimum absolute atomic E-state index is 0.150. The van der Waals surface area contributed by atoms with Crippen LogP contribution < -0.4 is 0 Å². The van der Waals surface area contributed by atoms with Gasteiger partial charge in [-0.25, -0.2) is 0 Å². The topological polar surface area (TPSA) is 37.3 Å². The predicted octanol–water partition coefficient (Wildman–Crippen LogP) is 5.63. The van der Waals surface area contributed by atoms with Crippen molar-refractivity contribution in [3.63, 3.8) is 0 Å². The van der Waals surface area contributed by atoms with E-state index in [0.717, 1.165) is 44.1 Å². The maximum absolute atomic E-state index is 13.4. The fourth-order valence-electron chi connectivity index (χ4n) is 6.99. The van der Waals surface area contributed by atoms with Crippen molar-refractivity contribution >= 4 is 23.2 Å². The smallest absolute Gasteiger partial charge is 0.165 e. The number of ketones is 1. The van der Waals surface area contributed by atoms with Crippen LogP contribution in [-0.4, -0.2) is 17.0 Å². The first-order chi connectivity index (χ1) is 12.9. The van der Waals surface area contributed by atoms with Crippen molar-refractivity contribution < 1.29 is 9.90 Å². The summed E-state index contributed by atoms with van der Waals surface area (Å²) < 4.78 is 0. The van der Waals surface area contributed by atoms with E-state index >= 15 is 0 Å². The summed E-state index contributed by atoms with van der Waals surface area (Å²) in [7, 11) is 0. The summed E-state index contributed by atoms with van der Waals surface area (Å²) in [6.07, 6.45) is 11.6. The van der Waals surface area contributed by atoms with Gasteiger partial charge in [0.25, 0.3) is 0 Å². The molecular formula is C24H30O2S. The molecule has 3 saturated carbocycles. The molecule has 1 aromatic heterocycles. The van der Waals surface area contributed by atoms with Gasteiger partial charge in [0.05, 0.1) is 6.10 Å². The van der Waals surface area contributed by atoms with Crippen LogP contribution in [0.3, 0.4) is 0 Å². The number of fused-ring (bicyclic) bond motifs is 5. The molecule has 1 N–H and O–H groups in total. The number of hydrogen-bond acceptors (Lipinski definition) is 3. The lowest BCUT2D eigenvalue weighted by Crippen LogP contribution is -2.50. The Hall–Kier alpha value is -1.19. The van der Waals surface area contributed by atoms with E-state index in [2.05, 4.69) is 43.5 Å². The van der Waals surface area contributed by atoms with E-state index in [1.54, 1.807) is 11.3 Å². The molecule has 0 amide bonds. The molecule has 5 rings (SSSR count). The molecule has 3 fully saturated rings. The largest absolute Gasteiger partial charge is 0.393 e. The summed E-state index contributed by atoms with van der Waals surface area (Å²) in [6, 6.07) is 4.18. The van der Waals surface area contributed by atoms with Crippen LogP contribution in [0.5, 0.6) is 0 Å². The fourth-order valence-corrected chi connectivity index (χ4v) is 7.67. The Morgan fingerprint density at radius 2 is 1.96 bits per heavy atom. The van der Waals surface area contributed by atoms with Crippen molar-refractivity contribution in [2.24, 2.45) is 28.6 Å². The molecule has 0 radical (unpaired) electrons. The van der Waals surface area contributed by atoms with Crippen LogP contribution in [0.1, 0.15) is 63.7 Å². The summed E-state index contributed by atoms with van der Waals surface area (Å²) >= 11 is 1.72. The molecule has 0 unspecified atom stereocenters. The molecule has 4 aliphatic rings. The highest BCUT2D eigenvalue weighted by Gasteiger charge is 2.59. The van der Waals surface area contributed by atoms with Gasteiger partial charge in [-0.3, -0.25) is 4.79 Å². The summed E-state index contributed by atoms with van der Waals surface area (Å²) in [6.45, 7) is 4.70. The lowest BCUT2D eigenvalue weighted by Gasteiger charge is -2.56. The maximum atomic E-state index is 13.4. The summed E-state index contributed by atoms with van der Waals surface area (Å²) in [4.78, 5) is 14.6. The van der Waals surface area contributed by atoms with E-state index in [-0.39, 0.29) is 16.9 Å². The number of allylic oxidation sites excluding steroid dienone is 2. The van der Waals surface area contributed by atoms with Crippen LogP contribution in [0, 0.1) is 28.6 Å². The van der Waals surface area contributed by atoms with E-state index < -0.39 is 0 Å². The maximum Gasteiger partial charge on any atom is 0.165 e. The molecule has 0 aromatic carbocycles. The Bertz CT molecular complexity index is 819. The number of aliphatic hydroxyl groups is 1. The van der Waals surface area contributed by atoms with Crippen LogP contribution in [-0.2, 0) is 4.79 Å². The minimum atomic E-state index is -0.167. The highest BCUT2D eigenvalue weighted by atomic mass is 32.1. The van der Waals surface area contributed by atoms with Crippen molar-refractivity contribution in [1.82, 2.24) is 0 Å². The van der Waals surface area contributed by atoms with E-state index in [1.807, 2.05) is 0 Å². The highest BCUT2D eigenvalue weighted by molar-refractivity contribution is 7.10. The summed E-state index contributed by atoms with van der Waals surface area (Å²) in [5.74, 6) is 2.19. The van der Waals surface area contributed by atoms with E-state index in [1.165, 1.54) is 16.9 Å². The van der Waals surface area contributed by atoms with E-state index in [4.69, 9.17) is 0 Å². The van der Waals surface area contributed by atoms with Crippen molar-refractivity contribution in [1.29, 1.82) is 0 Å². The zero-order valence-electron chi connectivity index (χ0n) is 16.4. The fraction of sp³-hybridized carbons (Fsp3) is 0.625. The molecular weight excluding hydrogens is 352 g/mol. The Labute approximate surface area is 166 Å². The number of aliphatic hydroxyl groups excluding tert-OH is 1. The van der Waals surface area contributed by atoms with Gasteiger partial charge in [-0.1, -0.05) is 31.6 Å². The average Bonchev–Trinajstić information content (AvgIpc) is 3.24. The zero-order chi connectivity index (χ0) is 18.8. The SMILES string of the molecule is C[C@@]12CC[C@H]3[C@@H](CC=C4C[C@@H](O)CC[C@]43C)[C@H]1CC(=Cc1cccs1)C2=O. The molecule has 3 heteroatoms. The van der Waals surface area contributed by atoms with Gasteiger partial charge in [-0.15, -0.1) is 11.3 Å². The number of carbonyl (C=O) groups is 1. The molecule has 144 valence electrons. The second-order valence-corrected chi connectivity index (χ2v) is 10.8. The first-order valence-electron chi connectivity index (χ1n) is 10.6. The number of rotatable bonds is 1. The Morgan fingerprint density at radius 3 is 2.74 bits per heavy atom. The second kappa shape index (κ2) is 6.15. The van der Waals surface area contributed by atoms with Crippen LogP contribution in [0.4, 0.5) is 0 Å². The van der Waals surface area contributed by atoms with Crippen LogP contribution >= 0.6 is 11.3 Å². The monoisotopic (exact) mass is 382 g/mol. The van der Waals surface area contributed by atoms with Crippen LogP contribution in [0.15, 0.2) is 34.7 Å². The normalized spacial score (nSPS) is 45.2. The van der Waals surface area contributed by atoms with Crippen molar-refractivity contribution in [3.05, 3.63) is 39.6 Å². The Kier molecular flexibility index (Phi) is 4.07. The van der Waals surface area contributed by atoms with Gasteiger partial charge in [0, 0.05) is 10.3 Å². The first kappa shape index (κ1) is 17.9. The Morgan fingerprint density at radius 1 is 1.15 bits per heavy atom. The van der Waals surface area contributed by atoms with Crippen LogP contribution in [0.25, 0.3) is 6.08 Å². The van der Waals surface area contributed by atoms with E-state index in [9.17, 15) is 9.90 Å². The molecule has 0 saturated heterocycles. The van der Waals surface area contributed by atoms with Crippen molar-refractivity contribution in [2.45, 2.75) is 64.9 Å². The predicted molar refractivity (Wildman–Crippen MR) is 110 cm³/mol. The van der Waals surface area contributed by atoms with Crippen molar-refractivity contribution in [3.8, 4) is 0 Å². The third kappa shape index (κ3) is 2.57. The van der Waals surface area contributed by atoms with Gasteiger partial charge in [0.1, 0.15) is 0 Å². The molecule has 27 heavy (non-hydrogen) atoms. The quantitative estimate of drug-likeness (QED) is 0.504. The van der Waals surface area contributed by atoms with Crippen molar-refractivity contribution in [2.75, 3.05) is 0 Å². The van der Waals surface area contributed by atoms with E-state index in [0.29, 0.717) is 23.5 Å². The first-order valence-corrected chi connectivity index (χ1v) is 11.5. The third-order valence-corrected chi connectivity index (χ3v) is 9.40. The zero-order valence-corrected chi connectivity index (χ0v) is 17.2. The molecule has 1 heterocycles. The second-order valence-electron chi connectivity index (χ2n) is 9.83. The average molecular weight is 383 g/mol. The van der Waals surface area contributed by atoms with Crippen LogP contribution in [0.2, 0.25) is 0 Å². The third-order valence-electron chi connectivity index (χ3n) is 8.58. The van der Waals surface area contributed by atoms with Gasteiger partial charge in [0.15, 0.2) is 5.78 Å². The van der Waals surface area contributed by atoms with Gasteiger partial charge >= 0.3 is 0 Å². The number of thiophene rings is 1. The number of hydrogen-bond donors (Lipinski definition) is 1. The lowest BCUT2D eigenvalue weighted by molar-refractivity contribution is -0.130. The molecule has 6 atom stereocenters. The van der Waals surface area contributed by atoms with Gasteiger partial charge < -0.3 is 5.11 Å². The van der Waals surface area contributed by atoms with Gasteiger partial charge in [-0.2, -0.15) is 0 Å². The standard InChI is InChI=1S/C24H30O2S/c1-23-9-7-17(25)14-16(23)5-6-19-20(23)8-10-24(2)21(19)13-15(22(24)26)12-18-4-3-11-27-18/h3-5,11-12,17,19-21,25H,6-10,13-14H2,1-2H3/t17-,19+,20-,21+,23+,24+/m0/s1. The number of Topliss-reactive ketones (excluding diaryl/α,β-unsaturated/α-hetero) is 1.